The van der Waals surface area contributed by atoms with E-state index in [9.17, 15) is 8.42 Å². The van der Waals surface area contributed by atoms with E-state index in [1.165, 1.54) is 12.1 Å². The molecular weight excluding hydrogens is 326 g/mol. The standard InChI is InChI=1S/C18H23NO4S/c1-3-22-16-8-10-18(11-9-16)24(20,21)19-12-5-13-23-17-7-4-6-15(2)14-17/h4,6-11,14,19H,3,5,12-13H2,1-2H3. The fourth-order valence-electron chi connectivity index (χ4n) is 2.14. The molecule has 6 heteroatoms. The summed E-state index contributed by atoms with van der Waals surface area (Å²) in [7, 11) is -3.50. The molecule has 0 aromatic heterocycles. The fraction of sp³-hybridized carbons (Fsp3) is 0.333. The zero-order chi connectivity index (χ0) is 17.4. The van der Waals surface area contributed by atoms with E-state index in [0.29, 0.717) is 31.9 Å². The topological polar surface area (TPSA) is 64.6 Å². The van der Waals surface area contributed by atoms with Gasteiger partial charge in [-0.3, -0.25) is 0 Å². The van der Waals surface area contributed by atoms with Gasteiger partial charge in [-0.2, -0.15) is 0 Å². The third-order valence-corrected chi connectivity index (χ3v) is 4.79. The molecule has 0 aliphatic carbocycles. The maximum absolute atomic E-state index is 12.2. The first-order valence-electron chi connectivity index (χ1n) is 7.93. The van der Waals surface area contributed by atoms with E-state index < -0.39 is 10.0 Å². The van der Waals surface area contributed by atoms with Gasteiger partial charge in [0.05, 0.1) is 18.1 Å². The first kappa shape index (κ1) is 18.3. The van der Waals surface area contributed by atoms with Gasteiger partial charge in [-0.15, -0.1) is 0 Å². The van der Waals surface area contributed by atoms with Gasteiger partial charge in [0.2, 0.25) is 10.0 Å². The molecule has 0 unspecified atom stereocenters. The van der Waals surface area contributed by atoms with Gasteiger partial charge in [0.25, 0.3) is 0 Å². The number of benzene rings is 2. The van der Waals surface area contributed by atoms with Crippen molar-refractivity contribution in [2.24, 2.45) is 0 Å². The lowest BCUT2D eigenvalue weighted by Gasteiger charge is -2.09. The summed E-state index contributed by atoms with van der Waals surface area (Å²) in [6.07, 6.45) is 0.588. The summed E-state index contributed by atoms with van der Waals surface area (Å²) >= 11 is 0. The van der Waals surface area contributed by atoms with Crippen molar-refractivity contribution < 1.29 is 17.9 Å². The molecule has 0 heterocycles. The monoisotopic (exact) mass is 349 g/mol. The highest BCUT2D eigenvalue weighted by molar-refractivity contribution is 7.89. The third kappa shape index (κ3) is 5.54. The molecule has 0 bridgehead atoms. The predicted molar refractivity (Wildman–Crippen MR) is 94.1 cm³/mol. The number of aryl methyl sites for hydroxylation is 1. The van der Waals surface area contributed by atoms with Gasteiger partial charge < -0.3 is 9.47 Å². The molecular formula is C18H23NO4S. The molecule has 1 N–H and O–H groups in total. The van der Waals surface area contributed by atoms with E-state index in [-0.39, 0.29) is 4.90 Å². The van der Waals surface area contributed by atoms with Crippen LogP contribution >= 0.6 is 0 Å². The smallest absolute Gasteiger partial charge is 0.240 e. The van der Waals surface area contributed by atoms with Crippen LogP contribution in [0.4, 0.5) is 0 Å². The number of ether oxygens (including phenoxy) is 2. The molecule has 0 atom stereocenters. The Kier molecular flexibility index (Phi) is 6.63. The molecule has 0 radical (unpaired) electrons. The summed E-state index contributed by atoms with van der Waals surface area (Å²) in [6, 6.07) is 14.1. The zero-order valence-electron chi connectivity index (χ0n) is 14.0. The molecule has 0 aliphatic rings. The summed E-state index contributed by atoms with van der Waals surface area (Å²) in [5.41, 5.74) is 1.13. The maximum Gasteiger partial charge on any atom is 0.240 e. The minimum atomic E-state index is -3.50. The Hall–Kier alpha value is -2.05. The van der Waals surface area contributed by atoms with Crippen LogP contribution in [0.3, 0.4) is 0 Å². The van der Waals surface area contributed by atoms with Crippen molar-refractivity contribution in [3.8, 4) is 11.5 Å². The summed E-state index contributed by atoms with van der Waals surface area (Å²) in [4.78, 5) is 0.227. The van der Waals surface area contributed by atoms with Crippen molar-refractivity contribution >= 4 is 10.0 Å². The Labute approximate surface area is 143 Å². The number of hydrogen-bond donors (Lipinski definition) is 1. The van der Waals surface area contributed by atoms with Crippen LogP contribution in [-0.4, -0.2) is 28.2 Å². The Morgan fingerprint density at radius 3 is 2.42 bits per heavy atom. The number of rotatable bonds is 9. The first-order valence-corrected chi connectivity index (χ1v) is 9.41. The minimum absolute atomic E-state index is 0.227. The molecule has 0 fully saturated rings. The fourth-order valence-corrected chi connectivity index (χ4v) is 3.21. The highest BCUT2D eigenvalue weighted by Crippen LogP contribution is 2.16. The van der Waals surface area contributed by atoms with E-state index in [4.69, 9.17) is 9.47 Å². The SMILES string of the molecule is CCOc1ccc(S(=O)(=O)NCCCOc2cccc(C)c2)cc1. The molecule has 24 heavy (non-hydrogen) atoms. The molecule has 0 amide bonds. The summed E-state index contributed by atoms with van der Waals surface area (Å²) in [5.74, 6) is 1.45. The predicted octanol–water partition coefficient (Wildman–Crippen LogP) is 3.14. The summed E-state index contributed by atoms with van der Waals surface area (Å²) in [5, 5.41) is 0. The first-order chi connectivity index (χ1) is 11.5. The minimum Gasteiger partial charge on any atom is -0.494 e. The molecule has 2 aromatic rings. The normalized spacial score (nSPS) is 11.2. The van der Waals surface area contributed by atoms with Crippen LogP contribution in [0.25, 0.3) is 0 Å². The van der Waals surface area contributed by atoms with Crippen molar-refractivity contribution in [3.63, 3.8) is 0 Å². The van der Waals surface area contributed by atoms with E-state index in [1.54, 1.807) is 12.1 Å². The Balaban J connectivity index is 1.78. The summed E-state index contributed by atoms with van der Waals surface area (Å²) < 4.78 is 37.9. The molecule has 0 spiro atoms. The molecule has 130 valence electrons. The van der Waals surface area contributed by atoms with Gasteiger partial charge in [0.1, 0.15) is 11.5 Å². The van der Waals surface area contributed by atoms with Gasteiger partial charge in [-0.05, 0) is 62.2 Å². The molecule has 0 saturated heterocycles. The average Bonchev–Trinajstić information content (AvgIpc) is 2.55. The van der Waals surface area contributed by atoms with Gasteiger partial charge in [0, 0.05) is 6.54 Å². The lowest BCUT2D eigenvalue weighted by molar-refractivity contribution is 0.311. The number of sulfonamides is 1. The zero-order valence-corrected chi connectivity index (χ0v) is 14.8. The third-order valence-electron chi connectivity index (χ3n) is 3.32. The van der Waals surface area contributed by atoms with Crippen LogP contribution in [0, 0.1) is 6.92 Å². The van der Waals surface area contributed by atoms with Crippen LogP contribution in [0.2, 0.25) is 0 Å². The Morgan fingerprint density at radius 1 is 1.00 bits per heavy atom. The van der Waals surface area contributed by atoms with Gasteiger partial charge in [-0.1, -0.05) is 12.1 Å². The van der Waals surface area contributed by atoms with Crippen molar-refractivity contribution in [2.45, 2.75) is 25.2 Å². The second kappa shape index (κ2) is 8.70. The van der Waals surface area contributed by atoms with Crippen LogP contribution in [0.5, 0.6) is 11.5 Å². The number of hydrogen-bond acceptors (Lipinski definition) is 4. The van der Waals surface area contributed by atoms with E-state index >= 15 is 0 Å². The van der Waals surface area contributed by atoms with Crippen LogP contribution in [0.15, 0.2) is 53.4 Å². The van der Waals surface area contributed by atoms with E-state index in [1.807, 2.05) is 38.1 Å². The van der Waals surface area contributed by atoms with E-state index in [0.717, 1.165) is 11.3 Å². The van der Waals surface area contributed by atoms with E-state index in [2.05, 4.69) is 4.72 Å². The van der Waals surface area contributed by atoms with Gasteiger partial charge in [0.15, 0.2) is 0 Å². The van der Waals surface area contributed by atoms with Crippen LogP contribution in [0.1, 0.15) is 18.9 Å². The Morgan fingerprint density at radius 2 is 1.75 bits per heavy atom. The van der Waals surface area contributed by atoms with Crippen molar-refractivity contribution in [2.75, 3.05) is 19.8 Å². The second-order valence-electron chi connectivity index (χ2n) is 5.32. The highest BCUT2D eigenvalue weighted by Gasteiger charge is 2.13. The largest absolute Gasteiger partial charge is 0.494 e. The van der Waals surface area contributed by atoms with Gasteiger partial charge in [-0.25, -0.2) is 13.1 Å². The molecule has 5 nitrogen and oxygen atoms in total. The lowest BCUT2D eigenvalue weighted by Crippen LogP contribution is -2.25. The van der Waals surface area contributed by atoms with Crippen molar-refractivity contribution in [3.05, 3.63) is 54.1 Å². The van der Waals surface area contributed by atoms with Crippen LogP contribution < -0.4 is 14.2 Å². The number of nitrogens with one attached hydrogen (secondary N) is 1. The van der Waals surface area contributed by atoms with Crippen LogP contribution in [-0.2, 0) is 10.0 Å². The molecule has 0 saturated carbocycles. The Bertz CT molecular complexity index is 742. The molecule has 2 rings (SSSR count). The lowest BCUT2D eigenvalue weighted by atomic mass is 10.2. The molecule has 0 aliphatic heterocycles. The quantitative estimate of drug-likeness (QED) is 0.707. The van der Waals surface area contributed by atoms with Gasteiger partial charge >= 0.3 is 0 Å². The summed E-state index contributed by atoms with van der Waals surface area (Å²) in [6.45, 7) is 5.20. The highest BCUT2D eigenvalue weighted by atomic mass is 32.2. The van der Waals surface area contributed by atoms with Crippen molar-refractivity contribution in [1.82, 2.24) is 4.72 Å². The average molecular weight is 349 g/mol. The molecule has 2 aromatic carbocycles. The maximum atomic E-state index is 12.2. The second-order valence-corrected chi connectivity index (χ2v) is 7.09. The van der Waals surface area contributed by atoms with Crippen molar-refractivity contribution in [1.29, 1.82) is 0 Å².